The van der Waals surface area contributed by atoms with E-state index in [0.717, 1.165) is 18.2 Å². The van der Waals surface area contributed by atoms with Gasteiger partial charge in [0.15, 0.2) is 0 Å². The third-order valence-corrected chi connectivity index (χ3v) is 4.34. The van der Waals surface area contributed by atoms with Crippen LogP contribution < -0.4 is 0 Å². The average molecular weight is 318 g/mol. The summed E-state index contributed by atoms with van der Waals surface area (Å²) in [7, 11) is -4.45. The fourth-order valence-corrected chi connectivity index (χ4v) is 3.01. The monoisotopic (exact) mass is 317 g/mol. The molecule has 1 N–H and O–H groups in total. The Morgan fingerprint density at radius 1 is 1.37 bits per heavy atom. The van der Waals surface area contributed by atoms with Gasteiger partial charge in [-0.15, -0.1) is 0 Å². The molecule has 0 heterocycles. The quantitative estimate of drug-likeness (QED) is 0.869. The molecule has 108 valence electrons. The van der Waals surface area contributed by atoms with E-state index in [1.165, 1.54) is 0 Å². The molecule has 0 amide bonds. The molecule has 0 aliphatic heterocycles. The second-order valence-electron chi connectivity index (χ2n) is 3.55. The number of aliphatic hydroxyl groups excluding tert-OH is 1. The first-order valence-corrected chi connectivity index (χ1v) is 6.95. The topological polar surface area (TPSA) is 57.6 Å². The first-order chi connectivity index (χ1) is 8.78. The molecule has 0 aliphatic carbocycles. The molecule has 4 nitrogen and oxygen atoms in total. The number of hydrogen-bond acceptors (Lipinski definition) is 3. The Balaban J connectivity index is 3.18. The van der Waals surface area contributed by atoms with Crippen molar-refractivity contribution in [2.24, 2.45) is 0 Å². The van der Waals surface area contributed by atoms with Gasteiger partial charge in [0.1, 0.15) is 10.7 Å². The molecule has 9 heteroatoms. The van der Waals surface area contributed by atoms with Gasteiger partial charge in [0, 0.05) is 11.6 Å². The highest BCUT2D eigenvalue weighted by Gasteiger charge is 2.29. The molecule has 0 saturated carbocycles. The minimum atomic E-state index is -4.45. The van der Waals surface area contributed by atoms with Gasteiger partial charge < -0.3 is 5.11 Å². The third-order valence-electron chi connectivity index (χ3n) is 2.20. The zero-order valence-corrected chi connectivity index (χ0v) is 11.1. The van der Waals surface area contributed by atoms with E-state index in [0.29, 0.717) is 4.31 Å². The summed E-state index contributed by atoms with van der Waals surface area (Å²) in [4.78, 5) is -0.758. The molecular weight excluding hydrogens is 307 g/mol. The predicted octanol–water partition coefficient (Wildman–Crippen LogP) is 1.73. The number of sulfonamides is 1. The van der Waals surface area contributed by atoms with E-state index in [2.05, 4.69) is 0 Å². The number of hydrogen-bond donors (Lipinski definition) is 1. The summed E-state index contributed by atoms with van der Waals surface area (Å²) in [6.07, 6.45) is -2.93. The molecule has 0 aromatic heterocycles. The Hall–Kier alpha value is -0.830. The van der Waals surface area contributed by atoms with Gasteiger partial charge in [0.05, 0.1) is 13.2 Å². The first kappa shape index (κ1) is 16.2. The molecule has 1 aromatic rings. The molecule has 0 fully saturated rings. The van der Waals surface area contributed by atoms with Crippen molar-refractivity contribution in [2.45, 2.75) is 11.3 Å². The normalized spacial score (nSPS) is 12.4. The predicted molar refractivity (Wildman–Crippen MR) is 63.3 cm³/mol. The Morgan fingerprint density at radius 2 is 2.00 bits per heavy atom. The van der Waals surface area contributed by atoms with Crippen LogP contribution in [0, 0.1) is 5.82 Å². The Bertz CT molecular complexity index is 539. The molecule has 0 radical (unpaired) electrons. The van der Waals surface area contributed by atoms with Crippen molar-refractivity contribution < 1.29 is 26.7 Å². The number of alkyl halides is 2. The number of rotatable bonds is 6. The summed E-state index contributed by atoms with van der Waals surface area (Å²) in [5.74, 6) is -1.13. The lowest BCUT2D eigenvalue weighted by Gasteiger charge is -2.21. The summed E-state index contributed by atoms with van der Waals surface area (Å²) < 4.78 is 62.5. The van der Waals surface area contributed by atoms with Gasteiger partial charge in [-0.2, -0.15) is 4.31 Å². The van der Waals surface area contributed by atoms with Gasteiger partial charge in [-0.25, -0.2) is 21.6 Å². The van der Waals surface area contributed by atoms with Gasteiger partial charge >= 0.3 is 0 Å². The lowest BCUT2D eigenvalue weighted by atomic mass is 10.3. The lowest BCUT2D eigenvalue weighted by Crippen LogP contribution is -2.37. The summed E-state index contributed by atoms with van der Waals surface area (Å²) >= 11 is 5.48. The second-order valence-corrected chi connectivity index (χ2v) is 5.90. The molecular formula is C10H11ClF3NO3S. The Kier molecular flexibility index (Phi) is 5.60. The Morgan fingerprint density at radius 3 is 2.47 bits per heavy atom. The van der Waals surface area contributed by atoms with Crippen molar-refractivity contribution in [3.05, 3.63) is 29.0 Å². The van der Waals surface area contributed by atoms with Gasteiger partial charge in [0.25, 0.3) is 6.43 Å². The maximum Gasteiger partial charge on any atom is 0.252 e. The van der Waals surface area contributed by atoms with Crippen LogP contribution >= 0.6 is 11.6 Å². The van der Waals surface area contributed by atoms with Crippen LogP contribution in [0.1, 0.15) is 0 Å². The summed E-state index contributed by atoms with van der Waals surface area (Å²) in [5.41, 5.74) is 0. The minimum absolute atomic E-state index is 0.0148. The SMILES string of the molecule is O=S(=O)(c1ccc(Cl)cc1F)N(CCO)CC(F)F. The van der Waals surface area contributed by atoms with Crippen LogP contribution in [-0.2, 0) is 10.0 Å². The summed E-state index contributed by atoms with van der Waals surface area (Å²) in [6.45, 7) is -2.32. The molecule has 0 atom stereocenters. The molecule has 19 heavy (non-hydrogen) atoms. The van der Waals surface area contributed by atoms with E-state index in [-0.39, 0.29) is 5.02 Å². The maximum atomic E-state index is 13.5. The average Bonchev–Trinajstić information content (AvgIpc) is 2.27. The van der Waals surface area contributed by atoms with Crippen LogP contribution in [-0.4, -0.2) is 44.0 Å². The van der Waals surface area contributed by atoms with E-state index in [1.54, 1.807) is 0 Å². The first-order valence-electron chi connectivity index (χ1n) is 5.13. The van der Waals surface area contributed by atoms with Crippen molar-refractivity contribution in [2.75, 3.05) is 19.7 Å². The van der Waals surface area contributed by atoms with Crippen LogP contribution in [0.5, 0.6) is 0 Å². The summed E-state index contributed by atoms with van der Waals surface area (Å²) in [5, 5.41) is 8.69. The van der Waals surface area contributed by atoms with Gasteiger partial charge in [0.2, 0.25) is 10.0 Å². The van der Waals surface area contributed by atoms with Gasteiger partial charge in [-0.05, 0) is 18.2 Å². The number of halogens is 4. The number of nitrogens with zero attached hydrogens (tertiary/aromatic N) is 1. The molecule has 1 aromatic carbocycles. The van der Waals surface area contributed by atoms with Crippen molar-refractivity contribution in [3.63, 3.8) is 0 Å². The van der Waals surface area contributed by atoms with Gasteiger partial charge in [-0.3, -0.25) is 0 Å². The molecule has 0 bridgehead atoms. The fraction of sp³-hybridized carbons (Fsp3) is 0.400. The molecule has 0 unspecified atom stereocenters. The Labute approximate surface area is 113 Å². The zero-order chi connectivity index (χ0) is 14.6. The fourth-order valence-electron chi connectivity index (χ4n) is 1.40. The smallest absolute Gasteiger partial charge is 0.252 e. The maximum absolute atomic E-state index is 13.5. The summed E-state index contributed by atoms with van der Waals surface area (Å²) in [6, 6.07) is 2.80. The van der Waals surface area contributed by atoms with Crippen molar-refractivity contribution in [1.82, 2.24) is 4.31 Å². The number of benzene rings is 1. The standard InChI is InChI=1S/C10H11ClF3NO3S/c11-7-1-2-9(8(12)5-7)19(17,18)15(3-4-16)6-10(13)14/h1-2,5,10,16H,3-4,6H2. The second kappa shape index (κ2) is 6.56. The van der Waals surface area contributed by atoms with E-state index in [1.807, 2.05) is 0 Å². The van der Waals surface area contributed by atoms with Crippen LogP contribution in [0.2, 0.25) is 5.02 Å². The lowest BCUT2D eigenvalue weighted by molar-refractivity contribution is 0.113. The van der Waals surface area contributed by atoms with E-state index >= 15 is 0 Å². The van der Waals surface area contributed by atoms with Crippen molar-refractivity contribution in [1.29, 1.82) is 0 Å². The molecule has 1 rings (SSSR count). The van der Waals surface area contributed by atoms with Gasteiger partial charge in [-0.1, -0.05) is 11.6 Å². The van der Waals surface area contributed by atoms with Crippen molar-refractivity contribution >= 4 is 21.6 Å². The molecule has 0 aliphatic rings. The van der Waals surface area contributed by atoms with E-state index in [4.69, 9.17) is 16.7 Å². The van der Waals surface area contributed by atoms with E-state index in [9.17, 15) is 21.6 Å². The largest absolute Gasteiger partial charge is 0.395 e. The van der Waals surface area contributed by atoms with Crippen LogP contribution in [0.25, 0.3) is 0 Å². The zero-order valence-electron chi connectivity index (χ0n) is 9.56. The minimum Gasteiger partial charge on any atom is -0.395 e. The highest BCUT2D eigenvalue weighted by atomic mass is 35.5. The van der Waals surface area contributed by atoms with Crippen molar-refractivity contribution in [3.8, 4) is 0 Å². The third kappa shape index (κ3) is 4.07. The van der Waals surface area contributed by atoms with Crippen LogP contribution in [0.4, 0.5) is 13.2 Å². The van der Waals surface area contributed by atoms with E-state index < -0.39 is 46.9 Å². The van der Waals surface area contributed by atoms with Crippen LogP contribution in [0.3, 0.4) is 0 Å². The highest BCUT2D eigenvalue weighted by molar-refractivity contribution is 7.89. The van der Waals surface area contributed by atoms with Crippen LogP contribution in [0.15, 0.2) is 23.1 Å². The highest BCUT2D eigenvalue weighted by Crippen LogP contribution is 2.22. The molecule has 0 saturated heterocycles. The molecule has 0 spiro atoms. The number of aliphatic hydroxyl groups is 1.